The van der Waals surface area contributed by atoms with Crippen molar-refractivity contribution < 1.29 is 9.47 Å². The van der Waals surface area contributed by atoms with Crippen LogP contribution in [-0.4, -0.2) is 26.4 Å². The molecule has 6 aromatic rings. The number of rotatable bonds is 9. The van der Waals surface area contributed by atoms with Crippen LogP contribution in [0.4, 0.5) is 0 Å². The second kappa shape index (κ2) is 12.2. The number of fused-ring (bicyclic) bond motifs is 1. The molecule has 0 aliphatic heterocycles. The Kier molecular flexibility index (Phi) is 8.02. The van der Waals surface area contributed by atoms with Crippen LogP contribution < -0.4 is 9.47 Å². The van der Waals surface area contributed by atoms with Crippen LogP contribution in [-0.2, 0) is 12.8 Å². The van der Waals surface area contributed by atoms with Crippen LogP contribution in [0.15, 0.2) is 113 Å². The lowest BCUT2D eigenvalue weighted by Crippen LogP contribution is -1.99. The van der Waals surface area contributed by atoms with Crippen molar-refractivity contribution in [2.24, 2.45) is 7.05 Å². The van der Waals surface area contributed by atoms with E-state index in [0.29, 0.717) is 12.4 Å². The average Bonchev–Trinajstić information content (AvgIpc) is 3.36. The molecule has 0 radical (unpaired) electrons. The molecule has 0 fully saturated rings. The zero-order valence-electron chi connectivity index (χ0n) is 22.6. The maximum atomic E-state index is 6.15. The lowest BCUT2D eigenvalue weighted by atomic mass is 10.0. The third-order valence-corrected chi connectivity index (χ3v) is 8.14. The highest BCUT2D eigenvalue weighted by atomic mass is 79.9. The summed E-state index contributed by atoms with van der Waals surface area (Å²) in [5.41, 5.74) is 4.65. The van der Waals surface area contributed by atoms with Gasteiger partial charge in [-0.2, -0.15) is 0 Å². The molecule has 0 atom stereocenters. The molecule has 6 nitrogen and oxygen atoms in total. The number of pyridine rings is 1. The van der Waals surface area contributed by atoms with Crippen molar-refractivity contribution in [1.82, 2.24) is 19.7 Å². The van der Waals surface area contributed by atoms with Crippen molar-refractivity contribution in [2.45, 2.75) is 17.8 Å². The first kappa shape index (κ1) is 27.1. The predicted octanol–water partition coefficient (Wildman–Crippen LogP) is 8.94. The van der Waals surface area contributed by atoms with Crippen molar-refractivity contribution in [1.29, 1.82) is 0 Å². The highest BCUT2D eigenvalue weighted by Crippen LogP contribution is 2.37. The number of hydrogen-bond donors (Lipinski definition) is 0. The van der Waals surface area contributed by atoms with Gasteiger partial charge in [0.15, 0.2) is 11.0 Å². The molecule has 6 rings (SSSR count). The van der Waals surface area contributed by atoms with Crippen molar-refractivity contribution in [3.63, 3.8) is 0 Å². The minimum absolute atomic E-state index is 0.564. The standard InChI is InChI=1S/C33H27BrN4O2S/c1-3-39-31-15-8-7-14-27(31)30-20-28(26-17-16-25(19-29(26)35-30)40-24-12-5-4-6-13-24)32-36-37-33(38(32)2)41-21-22-10-9-11-23(34)18-22/h4-20H,3,21H2,1-2H3. The molecule has 2 heterocycles. The molecule has 0 saturated carbocycles. The van der Waals surface area contributed by atoms with Gasteiger partial charge in [0.1, 0.15) is 17.2 Å². The quantitative estimate of drug-likeness (QED) is 0.150. The van der Waals surface area contributed by atoms with Gasteiger partial charge in [-0.1, -0.05) is 70.2 Å². The maximum absolute atomic E-state index is 6.15. The molecule has 0 spiro atoms. The van der Waals surface area contributed by atoms with E-state index in [1.54, 1.807) is 11.8 Å². The summed E-state index contributed by atoms with van der Waals surface area (Å²) in [7, 11) is 2.01. The van der Waals surface area contributed by atoms with Gasteiger partial charge in [-0.3, -0.25) is 0 Å². The van der Waals surface area contributed by atoms with Crippen LogP contribution >= 0.6 is 27.7 Å². The fraction of sp³-hybridized carbons (Fsp3) is 0.121. The van der Waals surface area contributed by atoms with E-state index in [1.807, 2.05) is 103 Å². The molecule has 0 bridgehead atoms. The summed E-state index contributed by atoms with van der Waals surface area (Å²) in [6, 6.07) is 34.1. The van der Waals surface area contributed by atoms with Gasteiger partial charge in [-0.25, -0.2) is 4.98 Å². The van der Waals surface area contributed by atoms with Gasteiger partial charge in [0, 0.05) is 39.9 Å². The molecular formula is C33H27BrN4O2S. The fourth-order valence-electron chi connectivity index (χ4n) is 4.63. The Morgan fingerprint density at radius 1 is 0.805 bits per heavy atom. The summed E-state index contributed by atoms with van der Waals surface area (Å²) < 4.78 is 15.2. The minimum atomic E-state index is 0.564. The highest BCUT2D eigenvalue weighted by molar-refractivity contribution is 9.10. The molecule has 2 aromatic heterocycles. The van der Waals surface area contributed by atoms with Gasteiger partial charge in [0.05, 0.1) is 17.8 Å². The maximum Gasteiger partial charge on any atom is 0.191 e. The molecular weight excluding hydrogens is 596 g/mol. The van der Waals surface area contributed by atoms with Crippen LogP contribution in [0, 0.1) is 0 Å². The van der Waals surface area contributed by atoms with Gasteiger partial charge in [-0.05, 0) is 67.1 Å². The van der Waals surface area contributed by atoms with Crippen LogP contribution in [0.5, 0.6) is 17.2 Å². The van der Waals surface area contributed by atoms with Gasteiger partial charge in [0.25, 0.3) is 0 Å². The Morgan fingerprint density at radius 2 is 1.63 bits per heavy atom. The lowest BCUT2D eigenvalue weighted by molar-refractivity contribution is 0.341. The third-order valence-electron chi connectivity index (χ3n) is 6.56. The first-order valence-corrected chi connectivity index (χ1v) is 15.0. The number of ether oxygens (including phenoxy) is 2. The minimum Gasteiger partial charge on any atom is -0.493 e. The molecule has 0 aliphatic carbocycles. The molecule has 4 aromatic carbocycles. The summed E-state index contributed by atoms with van der Waals surface area (Å²) >= 11 is 5.21. The molecule has 204 valence electrons. The summed E-state index contributed by atoms with van der Waals surface area (Å²) in [6.45, 7) is 2.55. The van der Waals surface area contributed by atoms with E-state index in [1.165, 1.54) is 5.56 Å². The molecule has 0 N–H and O–H groups in total. The summed E-state index contributed by atoms with van der Waals surface area (Å²) in [5.74, 6) is 3.81. The van der Waals surface area contributed by atoms with Crippen molar-refractivity contribution in [3.05, 3.63) is 113 Å². The monoisotopic (exact) mass is 622 g/mol. The summed E-state index contributed by atoms with van der Waals surface area (Å²) in [4.78, 5) is 5.07. The van der Waals surface area contributed by atoms with E-state index < -0.39 is 0 Å². The zero-order valence-corrected chi connectivity index (χ0v) is 25.0. The first-order valence-electron chi connectivity index (χ1n) is 13.3. The number of para-hydroxylation sites is 2. The van der Waals surface area contributed by atoms with Crippen LogP contribution in [0.25, 0.3) is 33.5 Å². The van der Waals surface area contributed by atoms with Gasteiger partial charge in [-0.15, -0.1) is 10.2 Å². The van der Waals surface area contributed by atoms with E-state index in [0.717, 1.165) is 60.4 Å². The normalized spacial score (nSPS) is 11.1. The largest absolute Gasteiger partial charge is 0.493 e. The van der Waals surface area contributed by atoms with E-state index >= 15 is 0 Å². The molecule has 0 saturated heterocycles. The second-order valence-electron chi connectivity index (χ2n) is 9.36. The van der Waals surface area contributed by atoms with Crippen LogP contribution in [0.1, 0.15) is 12.5 Å². The fourth-order valence-corrected chi connectivity index (χ4v) is 5.93. The number of aromatic nitrogens is 4. The van der Waals surface area contributed by atoms with Crippen LogP contribution in [0.2, 0.25) is 0 Å². The predicted molar refractivity (Wildman–Crippen MR) is 169 cm³/mol. The SMILES string of the molecule is CCOc1ccccc1-c1cc(-c2nnc(SCc3cccc(Br)c3)n2C)c2ccc(Oc3ccccc3)cc2n1. The highest BCUT2D eigenvalue weighted by Gasteiger charge is 2.18. The van der Waals surface area contributed by atoms with E-state index in [-0.39, 0.29) is 0 Å². The van der Waals surface area contributed by atoms with Gasteiger partial charge in [0.2, 0.25) is 0 Å². The Balaban J connectivity index is 1.44. The Labute approximate surface area is 251 Å². The first-order chi connectivity index (χ1) is 20.1. The number of hydrogen-bond acceptors (Lipinski definition) is 6. The van der Waals surface area contributed by atoms with Crippen molar-refractivity contribution in [2.75, 3.05) is 6.61 Å². The van der Waals surface area contributed by atoms with Crippen LogP contribution in [0.3, 0.4) is 0 Å². The lowest BCUT2D eigenvalue weighted by Gasteiger charge is -2.14. The molecule has 41 heavy (non-hydrogen) atoms. The smallest absolute Gasteiger partial charge is 0.191 e. The third kappa shape index (κ3) is 5.99. The summed E-state index contributed by atoms with van der Waals surface area (Å²) in [5, 5.41) is 11.0. The van der Waals surface area contributed by atoms with Crippen molar-refractivity contribution in [3.8, 4) is 39.9 Å². The van der Waals surface area contributed by atoms with E-state index in [9.17, 15) is 0 Å². The Bertz CT molecular complexity index is 1820. The van der Waals surface area contributed by atoms with E-state index in [2.05, 4.69) is 44.3 Å². The molecule has 0 amide bonds. The Morgan fingerprint density at radius 3 is 2.46 bits per heavy atom. The topological polar surface area (TPSA) is 62.1 Å². The van der Waals surface area contributed by atoms with Gasteiger partial charge < -0.3 is 14.0 Å². The number of benzene rings is 4. The second-order valence-corrected chi connectivity index (χ2v) is 11.2. The zero-order chi connectivity index (χ0) is 28.2. The molecule has 0 aliphatic rings. The number of halogens is 1. The molecule has 8 heteroatoms. The number of nitrogens with zero attached hydrogens (tertiary/aromatic N) is 4. The molecule has 0 unspecified atom stereocenters. The Hall–Kier alpha value is -4.14. The summed E-state index contributed by atoms with van der Waals surface area (Å²) in [6.07, 6.45) is 0. The average molecular weight is 624 g/mol. The van der Waals surface area contributed by atoms with E-state index in [4.69, 9.17) is 14.5 Å². The number of thioether (sulfide) groups is 1. The van der Waals surface area contributed by atoms with Gasteiger partial charge >= 0.3 is 0 Å². The van der Waals surface area contributed by atoms with Crippen molar-refractivity contribution >= 4 is 38.6 Å².